The summed E-state index contributed by atoms with van der Waals surface area (Å²) < 4.78 is 11.5. The lowest BCUT2D eigenvalue weighted by atomic mass is 10.1. The number of ether oxygens (including phenoxy) is 2. The summed E-state index contributed by atoms with van der Waals surface area (Å²) in [6.45, 7) is 6.38. The molecule has 1 amide bonds. The third-order valence-electron chi connectivity index (χ3n) is 4.75. The normalized spacial score (nSPS) is 12.1. The predicted molar refractivity (Wildman–Crippen MR) is 125 cm³/mol. The van der Waals surface area contributed by atoms with Crippen LogP contribution in [0.4, 0.5) is 4.79 Å². The van der Waals surface area contributed by atoms with Crippen LogP contribution in [0.1, 0.15) is 43.6 Å². The molecule has 3 rings (SSSR count). The second-order valence-electron chi connectivity index (χ2n) is 8.71. The van der Waals surface area contributed by atoms with Gasteiger partial charge in [0, 0.05) is 6.54 Å². The van der Waals surface area contributed by atoms with Gasteiger partial charge in [0.15, 0.2) is 0 Å². The van der Waals surface area contributed by atoms with Crippen molar-refractivity contribution in [1.82, 2.24) is 4.90 Å². The zero-order chi connectivity index (χ0) is 23.0. The van der Waals surface area contributed by atoms with Crippen molar-refractivity contribution in [2.24, 2.45) is 0 Å². The van der Waals surface area contributed by atoms with E-state index in [1.807, 2.05) is 106 Å². The zero-order valence-electron chi connectivity index (χ0n) is 18.9. The standard InChI is InChI=1S/C27H31NO4/c1-27(2,3)32-26(30)28(18-21-11-6-4-7-12-21)19-25(29)23-15-10-16-24(17-23)31-20-22-13-8-5-9-14-22/h4-17,25,29H,18-20H2,1-3H3. The van der Waals surface area contributed by atoms with Crippen molar-refractivity contribution in [1.29, 1.82) is 0 Å². The van der Waals surface area contributed by atoms with Crippen LogP contribution >= 0.6 is 0 Å². The second-order valence-corrected chi connectivity index (χ2v) is 8.71. The molecule has 1 unspecified atom stereocenters. The molecule has 0 aliphatic rings. The van der Waals surface area contributed by atoms with Crippen LogP contribution in [0.2, 0.25) is 0 Å². The Morgan fingerprint density at radius 2 is 1.53 bits per heavy atom. The highest BCUT2D eigenvalue weighted by Crippen LogP contribution is 2.23. The molecule has 0 heterocycles. The van der Waals surface area contributed by atoms with Gasteiger partial charge in [-0.2, -0.15) is 0 Å². The highest BCUT2D eigenvalue weighted by atomic mass is 16.6. The number of amides is 1. The van der Waals surface area contributed by atoms with Crippen LogP contribution in [-0.4, -0.2) is 28.2 Å². The van der Waals surface area contributed by atoms with Crippen molar-refractivity contribution < 1.29 is 19.4 Å². The van der Waals surface area contributed by atoms with E-state index in [1.54, 1.807) is 0 Å². The summed E-state index contributed by atoms with van der Waals surface area (Å²) in [5, 5.41) is 10.9. The summed E-state index contributed by atoms with van der Waals surface area (Å²) in [6, 6.07) is 26.9. The Hall–Kier alpha value is -3.31. The molecular formula is C27H31NO4. The maximum absolute atomic E-state index is 12.8. The van der Waals surface area contributed by atoms with Gasteiger partial charge in [-0.05, 0) is 49.6 Å². The molecule has 3 aromatic rings. The zero-order valence-corrected chi connectivity index (χ0v) is 18.9. The van der Waals surface area contributed by atoms with Gasteiger partial charge in [-0.15, -0.1) is 0 Å². The minimum absolute atomic E-state index is 0.103. The Balaban J connectivity index is 1.70. The van der Waals surface area contributed by atoms with Crippen molar-refractivity contribution >= 4 is 6.09 Å². The van der Waals surface area contributed by atoms with Gasteiger partial charge in [-0.25, -0.2) is 4.79 Å². The molecule has 0 saturated heterocycles. The topological polar surface area (TPSA) is 59.0 Å². The Labute approximate surface area is 190 Å². The minimum atomic E-state index is -0.883. The SMILES string of the molecule is CC(C)(C)OC(=O)N(Cc1ccccc1)CC(O)c1cccc(OCc2ccccc2)c1. The smallest absolute Gasteiger partial charge is 0.410 e. The first-order valence-corrected chi connectivity index (χ1v) is 10.8. The number of aliphatic hydroxyl groups is 1. The fraction of sp³-hybridized carbons (Fsp3) is 0.296. The van der Waals surface area contributed by atoms with Gasteiger partial charge < -0.3 is 19.5 Å². The molecule has 32 heavy (non-hydrogen) atoms. The Morgan fingerprint density at radius 3 is 2.16 bits per heavy atom. The first-order chi connectivity index (χ1) is 15.3. The Morgan fingerprint density at radius 1 is 0.906 bits per heavy atom. The highest BCUT2D eigenvalue weighted by molar-refractivity contribution is 5.68. The molecule has 0 saturated carbocycles. The number of carbonyl (C=O) groups is 1. The fourth-order valence-electron chi connectivity index (χ4n) is 3.20. The first-order valence-electron chi connectivity index (χ1n) is 10.8. The van der Waals surface area contributed by atoms with E-state index in [0.29, 0.717) is 24.5 Å². The van der Waals surface area contributed by atoms with Crippen LogP contribution in [0.15, 0.2) is 84.9 Å². The maximum atomic E-state index is 12.8. The molecule has 0 fully saturated rings. The third-order valence-corrected chi connectivity index (χ3v) is 4.75. The predicted octanol–water partition coefficient (Wildman–Crippen LogP) is 5.74. The summed E-state index contributed by atoms with van der Waals surface area (Å²) in [5.41, 5.74) is 2.09. The average Bonchev–Trinajstić information content (AvgIpc) is 2.77. The number of aliphatic hydroxyl groups excluding tert-OH is 1. The molecule has 1 N–H and O–H groups in total. The summed E-state index contributed by atoms with van der Waals surface area (Å²) in [6.07, 6.45) is -1.34. The molecule has 0 aliphatic carbocycles. The third kappa shape index (κ3) is 7.43. The molecule has 0 radical (unpaired) electrons. The molecular weight excluding hydrogens is 402 g/mol. The Bertz CT molecular complexity index is 983. The molecule has 1 atom stereocenters. The van der Waals surface area contributed by atoms with Gasteiger partial charge >= 0.3 is 6.09 Å². The summed E-state index contributed by atoms with van der Waals surface area (Å²) in [4.78, 5) is 14.4. The molecule has 0 spiro atoms. The lowest BCUT2D eigenvalue weighted by molar-refractivity contribution is 0.0124. The van der Waals surface area contributed by atoms with Crippen LogP contribution in [0.3, 0.4) is 0 Å². The van der Waals surface area contributed by atoms with Crippen molar-refractivity contribution in [3.05, 3.63) is 102 Å². The molecule has 0 aromatic heterocycles. The van der Waals surface area contributed by atoms with E-state index in [2.05, 4.69) is 0 Å². The van der Waals surface area contributed by atoms with E-state index >= 15 is 0 Å². The van der Waals surface area contributed by atoms with Gasteiger partial charge in [0.1, 0.15) is 18.0 Å². The van der Waals surface area contributed by atoms with Crippen molar-refractivity contribution in [3.8, 4) is 5.75 Å². The quantitative estimate of drug-likeness (QED) is 0.492. The number of carbonyl (C=O) groups excluding carboxylic acids is 1. The molecule has 0 bridgehead atoms. The van der Waals surface area contributed by atoms with Gasteiger partial charge in [0.2, 0.25) is 0 Å². The average molecular weight is 434 g/mol. The summed E-state index contributed by atoms with van der Waals surface area (Å²) >= 11 is 0. The molecule has 5 nitrogen and oxygen atoms in total. The van der Waals surface area contributed by atoms with E-state index in [1.165, 1.54) is 4.90 Å². The van der Waals surface area contributed by atoms with Crippen molar-refractivity contribution in [3.63, 3.8) is 0 Å². The van der Waals surface area contributed by atoms with E-state index in [0.717, 1.165) is 11.1 Å². The maximum Gasteiger partial charge on any atom is 0.410 e. The van der Waals surface area contributed by atoms with Gasteiger partial charge in [-0.1, -0.05) is 72.8 Å². The lowest BCUT2D eigenvalue weighted by Crippen LogP contribution is -2.38. The van der Waals surface area contributed by atoms with Gasteiger partial charge in [-0.3, -0.25) is 0 Å². The molecule has 3 aromatic carbocycles. The number of hydrogen-bond donors (Lipinski definition) is 1. The lowest BCUT2D eigenvalue weighted by Gasteiger charge is -2.29. The number of nitrogens with zero attached hydrogens (tertiary/aromatic N) is 1. The van der Waals surface area contributed by atoms with Crippen LogP contribution in [0.5, 0.6) is 5.75 Å². The van der Waals surface area contributed by atoms with E-state index in [-0.39, 0.29) is 6.54 Å². The second kappa shape index (κ2) is 10.8. The fourth-order valence-corrected chi connectivity index (χ4v) is 3.20. The van der Waals surface area contributed by atoms with Gasteiger partial charge in [0.05, 0.1) is 12.6 Å². The monoisotopic (exact) mass is 433 g/mol. The van der Waals surface area contributed by atoms with Crippen molar-refractivity contribution in [2.45, 2.75) is 45.6 Å². The van der Waals surface area contributed by atoms with Crippen LogP contribution < -0.4 is 4.74 Å². The number of hydrogen-bond acceptors (Lipinski definition) is 4. The summed E-state index contributed by atoms with van der Waals surface area (Å²) in [5.74, 6) is 0.664. The van der Waals surface area contributed by atoms with Crippen molar-refractivity contribution in [2.75, 3.05) is 6.54 Å². The summed E-state index contributed by atoms with van der Waals surface area (Å²) in [7, 11) is 0. The van der Waals surface area contributed by atoms with E-state index in [4.69, 9.17) is 9.47 Å². The van der Waals surface area contributed by atoms with E-state index in [9.17, 15) is 9.90 Å². The van der Waals surface area contributed by atoms with Gasteiger partial charge in [0.25, 0.3) is 0 Å². The number of rotatable bonds is 8. The number of benzene rings is 3. The van der Waals surface area contributed by atoms with Crippen LogP contribution in [-0.2, 0) is 17.9 Å². The first kappa shape index (κ1) is 23.4. The Kier molecular flexibility index (Phi) is 7.90. The minimum Gasteiger partial charge on any atom is -0.489 e. The molecule has 5 heteroatoms. The van der Waals surface area contributed by atoms with Crippen LogP contribution in [0, 0.1) is 0 Å². The molecule has 0 aliphatic heterocycles. The largest absolute Gasteiger partial charge is 0.489 e. The highest BCUT2D eigenvalue weighted by Gasteiger charge is 2.25. The molecule has 168 valence electrons. The van der Waals surface area contributed by atoms with Crippen LogP contribution in [0.25, 0.3) is 0 Å². The van der Waals surface area contributed by atoms with E-state index < -0.39 is 17.8 Å².